The van der Waals surface area contributed by atoms with Gasteiger partial charge in [-0.15, -0.1) is 0 Å². The van der Waals surface area contributed by atoms with E-state index in [1.807, 2.05) is 35.7 Å². The Hall–Kier alpha value is -2.08. The molecule has 302 valence electrons. The van der Waals surface area contributed by atoms with E-state index in [4.69, 9.17) is 0 Å². The Kier molecular flexibility index (Phi) is 20.0. The lowest BCUT2D eigenvalue weighted by molar-refractivity contribution is -0.890. The van der Waals surface area contributed by atoms with Crippen LogP contribution in [0.4, 0.5) is 0 Å². The SMILES string of the molecule is CC(C(=O)NCCC[N+](C)(C)CCCS(=O)(=O)[O-])C(C(=O)O)C(C)(C)CC(C(=O)O)C(C(=O)NCCNC(=O)CCCCC1CCSS1)C(C)(C)C. The molecule has 0 aliphatic carbocycles. The Morgan fingerprint density at radius 3 is 1.98 bits per heavy atom. The number of nitrogens with zero attached hydrogens (tertiary/aromatic N) is 1. The summed E-state index contributed by atoms with van der Waals surface area (Å²) < 4.78 is 33.1. The van der Waals surface area contributed by atoms with Crippen molar-refractivity contribution in [2.75, 3.05) is 58.3 Å². The molecule has 1 saturated heterocycles. The van der Waals surface area contributed by atoms with Crippen LogP contribution in [0.15, 0.2) is 0 Å². The standard InChI is InChI=1S/C35H64N4O10S3/c1-24(30(41)37-16-11-19-39(7,8)20-12-22-52(47,48)49)28(33(45)46)35(5,6)23-26(32(43)44)29(34(2,3)4)31(42)38-18-17-36-27(40)14-10-9-13-25-15-21-50-51-25/h24-26,28-29H,9-23H2,1-8H3,(H5-,36,37,38,40,41,42,43,44,45,46,47,48,49). The van der Waals surface area contributed by atoms with Gasteiger partial charge in [-0.05, 0) is 36.5 Å². The summed E-state index contributed by atoms with van der Waals surface area (Å²) in [5, 5.41) is 29.7. The predicted molar refractivity (Wildman–Crippen MR) is 204 cm³/mol. The first-order valence-corrected chi connectivity index (χ1v) is 22.2. The van der Waals surface area contributed by atoms with Gasteiger partial charge in [0.15, 0.2) is 0 Å². The predicted octanol–water partition coefficient (Wildman–Crippen LogP) is 3.57. The van der Waals surface area contributed by atoms with Crippen LogP contribution in [-0.4, -0.2) is 121 Å². The van der Waals surface area contributed by atoms with E-state index in [0.29, 0.717) is 35.7 Å². The molecule has 0 aromatic heterocycles. The molecule has 0 radical (unpaired) electrons. The van der Waals surface area contributed by atoms with Gasteiger partial charge >= 0.3 is 11.9 Å². The number of rotatable bonds is 25. The molecule has 1 heterocycles. The van der Waals surface area contributed by atoms with Crippen LogP contribution in [0.2, 0.25) is 0 Å². The van der Waals surface area contributed by atoms with Gasteiger partial charge in [-0.3, -0.25) is 24.0 Å². The van der Waals surface area contributed by atoms with E-state index in [9.17, 15) is 47.2 Å². The first kappa shape index (κ1) is 47.9. The minimum absolute atomic E-state index is 0.104. The van der Waals surface area contributed by atoms with Crippen molar-refractivity contribution in [3.8, 4) is 0 Å². The maximum absolute atomic E-state index is 13.6. The fourth-order valence-corrected chi connectivity index (χ4v) is 10.6. The molecule has 0 saturated carbocycles. The summed E-state index contributed by atoms with van der Waals surface area (Å²) in [6.45, 7) is 11.5. The summed E-state index contributed by atoms with van der Waals surface area (Å²) in [5.74, 6) is -7.51. The average Bonchev–Trinajstić information content (AvgIpc) is 3.51. The first-order valence-electron chi connectivity index (χ1n) is 18.2. The summed E-state index contributed by atoms with van der Waals surface area (Å²) in [4.78, 5) is 64.5. The molecule has 0 aromatic rings. The highest BCUT2D eigenvalue weighted by Crippen LogP contribution is 2.44. The molecular formula is C35H64N4O10S3. The summed E-state index contributed by atoms with van der Waals surface area (Å²) in [6.07, 6.45) is 5.02. The van der Waals surface area contributed by atoms with Gasteiger partial charge in [0, 0.05) is 61.6 Å². The number of hydrogen-bond donors (Lipinski definition) is 5. The zero-order valence-corrected chi connectivity index (χ0v) is 34.8. The van der Waals surface area contributed by atoms with Crippen molar-refractivity contribution in [1.82, 2.24) is 16.0 Å². The van der Waals surface area contributed by atoms with Crippen molar-refractivity contribution >= 4 is 61.4 Å². The first-order chi connectivity index (χ1) is 23.9. The van der Waals surface area contributed by atoms with Crippen LogP contribution in [0.1, 0.15) is 92.9 Å². The molecule has 0 spiro atoms. The molecule has 1 aliphatic heterocycles. The van der Waals surface area contributed by atoms with E-state index in [1.165, 1.54) is 19.1 Å². The summed E-state index contributed by atoms with van der Waals surface area (Å²) in [7, 11) is 3.28. The Bertz CT molecular complexity index is 1300. The maximum Gasteiger partial charge on any atom is 0.307 e. The fourth-order valence-electron chi connectivity index (χ4n) is 7.07. The molecule has 3 amide bonds. The van der Waals surface area contributed by atoms with E-state index in [0.717, 1.165) is 19.3 Å². The Labute approximate surface area is 318 Å². The van der Waals surface area contributed by atoms with Gasteiger partial charge in [0.2, 0.25) is 17.7 Å². The second-order valence-electron chi connectivity index (χ2n) is 16.4. The molecule has 5 N–H and O–H groups in total. The van der Waals surface area contributed by atoms with Gasteiger partial charge in [0.05, 0.1) is 55.1 Å². The third-order valence-electron chi connectivity index (χ3n) is 9.75. The molecule has 0 aromatic carbocycles. The number of carboxylic acid groups (broad SMARTS) is 2. The zero-order valence-electron chi connectivity index (χ0n) is 32.3. The second-order valence-corrected chi connectivity index (χ2v) is 20.8. The number of amides is 3. The number of carbonyl (C=O) groups is 5. The number of nitrogens with one attached hydrogen (secondary N) is 3. The van der Waals surface area contributed by atoms with Crippen molar-refractivity contribution in [3.05, 3.63) is 0 Å². The highest BCUT2D eigenvalue weighted by atomic mass is 33.1. The van der Waals surface area contributed by atoms with Crippen LogP contribution in [0.25, 0.3) is 0 Å². The average molecular weight is 797 g/mol. The van der Waals surface area contributed by atoms with Crippen molar-refractivity contribution < 1.29 is 51.6 Å². The number of aliphatic carboxylic acids is 2. The Morgan fingerprint density at radius 1 is 0.846 bits per heavy atom. The van der Waals surface area contributed by atoms with Crippen LogP contribution in [0.3, 0.4) is 0 Å². The molecule has 1 rings (SSSR count). The van der Waals surface area contributed by atoms with Crippen molar-refractivity contribution in [1.29, 1.82) is 0 Å². The van der Waals surface area contributed by atoms with Crippen LogP contribution >= 0.6 is 21.6 Å². The van der Waals surface area contributed by atoms with E-state index >= 15 is 0 Å². The molecule has 14 nitrogen and oxygen atoms in total. The fraction of sp³-hybridized carbons (Fsp3) is 0.857. The lowest BCUT2D eigenvalue weighted by Crippen LogP contribution is -2.50. The topological polar surface area (TPSA) is 219 Å². The second kappa shape index (κ2) is 21.7. The zero-order chi connectivity index (χ0) is 39.9. The molecule has 5 unspecified atom stereocenters. The highest BCUT2D eigenvalue weighted by Gasteiger charge is 2.49. The van der Waals surface area contributed by atoms with Crippen LogP contribution in [0, 0.1) is 34.5 Å². The van der Waals surface area contributed by atoms with Crippen molar-refractivity contribution in [2.45, 2.75) is 98.2 Å². The third kappa shape index (κ3) is 18.3. The number of carbonyl (C=O) groups excluding carboxylic acids is 3. The number of quaternary nitrogens is 1. The van der Waals surface area contributed by atoms with Crippen LogP contribution in [-0.2, 0) is 34.1 Å². The molecule has 1 aliphatic rings. The maximum atomic E-state index is 13.6. The molecule has 5 atom stereocenters. The highest BCUT2D eigenvalue weighted by molar-refractivity contribution is 8.77. The normalized spacial score (nSPS) is 17.8. The van der Waals surface area contributed by atoms with Gasteiger partial charge in [-0.1, -0.05) is 69.6 Å². The number of unbranched alkanes of at least 4 members (excludes halogenated alkanes) is 1. The van der Waals surface area contributed by atoms with Crippen molar-refractivity contribution in [2.24, 2.45) is 34.5 Å². The van der Waals surface area contributed by atoms with Gasteiger partial charge < -0.3 is 35.2 Å². The summed E-state index contributed by atoms with van der Waals surface area (Å²) in [6, 6.07) is 0. The number of carboxylic acids is 2. The minimum Gasteiger partial charge on any atom is -0.748 e. The molecular weight excluding hydrogens is 733 g/mol. The smallest absolute Gasteiger partial charge is 0.307 e. The largest absolute Gasteiger partial charge is 0.748 e. The molecule has 1 fully saturated rings. The van der Waals surface area contributed by atoms with Gasteiger partial charge in [0.1, 0.15) is 0 Å². The van der Waals surface area contributed by atoms with E-state index < -0.39 is 74.1 Å². The number of hydrogen-bond acceptors (Lipinski definition) is 10. The van der Waals surface area contributed by atoms with Gasteiger partial charge in [0.25, 0.3) is 0 Å². The van der Waals surface area contributed by atoms with E-state index in [2.05, 4.69) is 16.0 Å². The molecule has 0 bridgehead atoms. The third-order valence-corrected chi connectivity index (χ3v) is 13.5. The van der Waals surface area contributed by atoms with Crippen LogP contribution in [0.5, 0.6) is 0 Å². The lowest BCUT2D eigenvalue weighted by Gasteiger charge is -2.41. The minimum atomic E-state index is -4.29. The molecule has 52 heavy (non-hydrogen) atoms. The lowest BCUT2D eigenvalue weighted by atomic mass is 9.62. The van der Waals surface area contributed by atoms with Gasteiger partial charge in [-0.25, -0.2) is 8.42 Å². The Morgan fingerprint density at radius 2 is 1.44 bits per heavy atom. The van der Waals surface area contributed by atoms with E-state index in [1.54, 1.807) is 34.6 Å². The Balaban J connectivity index is 2.82. The van der Waals surface area contributed by atoms with E-state index in [-0.39, 0.29) is 38.4 Å². The molecule has 17 heteroatoms. The quantitative estimate of drug-likeness (QED) is 0.0388. The van der Waals surface area contributed by atoms with Gasteiger partial charge in [-0.2, -0.15) is 0 Å². The van der Waals surface area contributed by atoms with Crippen LogP contribution < -0.4 is 16.0 Å². The van der Waals surface area contributed by atoms with Crippen molar-refractivity contribution in [3.63, 3.8) is 0 Å². The monoisotopic (exact) mass is 796 g/mol. The summed E-state index contributed by atoms with van der Waals surface area (Å²) in [5.41, 5.74) is -2.04. The summed E-state index contributed by atoms with van der Waals surface area (Å²) >= 11 is 0.